The third kappa shape index (κ3) is 5.20. The lowest BCUT2D eigenvalue weighted by atomic mass is 10.2. The average molecular weight is 236 g/mol. The summed E-state index contributed by atoms with van der Waals surface area (Å²) in [6.45, 7) is 8.24. The van der Waals surface area contributed by atoms with Crippen molar-refractivity contribution in [3.8, 4) is 0 Å². The topological polar surface area (TPSA) is 24.5 Å². The van der Waals surface area contributed by atoms with E-state index in [2.05, 4.69) is 48.3 Å². The van der Waals surface area contributed by atoms with Crippen LogP contribution in [-0.2, 0) is 4.74 Å². The number of anilines is 1. The Labute approximate surface area is 105 Å². The maximum atomic E-state index is 5.13. The fraction of sp³-hybridized carbons (Fsp3) is 0.571. The van der Waals surface area contributed by atoms with Crippen LogP contribution in [0.2, 0.25) is 0 Å². The van der Waals surface area contributed by atoms with Crippen LogP contribution in [0, 0.1) is 0 Å². The number of rotatable bonds is 8. The predicted molar refractivity (Wildman–Crippen MR) is 73.5 cm³/mol. The molecule has 3 heteroatoms. The third-order valence-corrected chi connectivity index (χ3v) is 2.99. The van der Waals surface area contributed by atoms with Gasteiger partial charge in [-0.05, 0) is 25.6 Å². The van der Waals surface area contributed by atoms with Gasteiger partial charge in [0, 0.05) is 31.9 Å². The Kier molecular flexibility index (Phi) is 6.67. The molecule has 0 radical (unpaired) electrons. The predicted octanol–water partition coefficient (Wildman–Crippen LogP) is 2.46. The summed E-state index contributed by atoms with van der Waals surface area (Å²) in [6.07, 6.45) is 0. The molecule has 17 heavy (non-hydrogen) atoms. The van der Waals surface area contributed by atoms with Crippen molar-refractivity contribution in [3.63, 3.8) is 0 Å². The molecule has 1 aromatic carbocycles. The summed E-state index contributed by atoms with van der Waals surface area (Å²) in [4.78, 5) is 2.42. The van der Waals surface area contributed by atoms with Crippen molar-refractivity contribution in [1.82, 2.24) is 4.90 Å². The largest absolute Gasteiger partial charge is 0.383 e. The van der Waals surface area contributed by atoms with Crippen molar-refractivity contribution in [2.45, 2.75) is 19.9 Å². The first-order chi connectivity index (χ1) is 8.27. The Morgan fingerprint density at radius 3 is 2.59 bits per heavy atom. The van der Waals surface area contributed by atoms with E-state index < -0.39 is 0 Å². The molecule has 1 N–H and O–H groups in total. The molecule has 1 rings (SSSR count). The Bertz CT molecular complexity index is 290. The second-order valence-corrected chi connectivity index (χ2v) is 4.22. The van der Waals surface area contributed by atoms with Crippen LogP contribution >= 0.6 is 0 Å². The van der Waals surface area contributed by atoms with E-state index in [0.29, 0.717) is 6.04 Å². The Morgan fingerprint density at radius 2 is 2.00 bits per heavy atom. The van der Waals surface area contributed by atoms with Gasteiger partial charge in [-0.15, -0.1) is 0 Å². The van der Waals surface area contributed by atoms with Crippen LogP contribution in [0.1, 0.15) is 13.8 Å². The molecule has 96 valence electrons. The highest BCUT2D eigenvalue weighted by atomic mass is 16.5. The molecule has 0 aliphatic rings. The molecule has 0 fully saturated rings. The summed E-state index contributed by atoms with van der Waals surface area (Å²) < 4.78 is 5.13. The third-order valence-electron chi connectivity index (χ3n) is 2.99. The normalized spacial score (nSPS) is 12.7. The van der Waals surface area contributed by atoms with Gasteiger partial charge in [0.15, 0.2) is 0 Å². The number of nitrogens with zero attached hydrogens (tertiary/aromatic N) is 1. The Hall–Kier alpha value is -1.06. The molecule has 0 saturated carbocycles. The Morgan fingerprint density at radius 1 is 1.29 bits per heavy atom. The number of hydrogen-bond donors (Lipinski definition) is 1. The molecule has 0 aliphatic heterocycles. The summed E-state index contributed by atoms with van der Waals surface area (Å²) in [6, 6.07) is 10.8. The minimum absolute atomic E-state index is 0.510. The van der Waals surface area contributed by atoms with Gasteiger partial charge in [-0.3, -0.25) is 4.90 Å². The standard InChI is InChI=1S/C14H24N2O/c1-4-16(10-11-17-3)13(2)12-15-14-8-6-5-7-9-14/h5-9,13,15H,4,10-12H2,1-3H3. The summed E-state index contributed by atoms with van der Waals surface area (Å²) in [5, 5.41) is 3.45. The van der Waals surface area contributed by atoms with E-state index >= 15 is 0 Å². The van der Waals surface area contributed by atoms with Crippen LogP contribution in [0.25, 0.3) is 0 Å². The zero-order valence-corrected chi connectivity index (χ0v) is 11.1. The molecule has 0 bridgehead atoms. The van der Waals surface area contributed by atoms with Crippen molar-refractivity contribution in [3.05, 3.63) is 30.3 Å². The molecular formula is C14H24N2O. The summed E-state index contributed by atoms with van der Waals surface area (Å²) in [5.74, 6) is 0. The first-order valence-corrected chi connectivity index (χ1v) is 6.29. The van der Waals surface area contributed by atoms with Crippen LogP contribution in [0.3, 0.4) is 0 Å². The highest BCUT2D eigenvalue weighted by molar-refractivity contribution is 5.42. The lowest BCUT2D eigenvalue weighted by molar-refractivity contribution is 0.132. The van der Waals surface area contributed by atoms with Gasteiger partial charge in [0.05, 0.1) is 6.61 Å². The lowest BCUT2D eigenvalue weighted by Gasteiger charge is -2.28. The number of ether oxygens (including phenoxy) is 1. The summed E-state index contributed by atoms with van der Waals surface area (Å²) >= 11 is 0. The number of methoxy groups -OCH3 is 1. The number of hydrogen-bond acceptors (Lipinski definition) is 3. The minimum Gasteiger partial charge on any atom is -0.383 e. The van der Waals surface area contributed by atoms with E-state index in [1.807, 2.05) is 6.07 Å². The number of likely N-dealkylation sites (N-methyl/N-ethyl adjacent to an activating group) is 1. The van der Waals surface area contributed by atoms with Gasteiger partial charge in [0.2, 0.25) is 0 Å². The maximum Gasteiger partial charge on any atom is 0.0589 e. The van der Waals surface area contributed by atoms with E-state index in [9.17, 15) is 0 Å². The molecule has 0 heterocycles. The van der Waals surface area contributed by atoms with Gasteiger partial charge in [-0.25, -0.2) is 0 Å². The maximum absolute atomic E-state index is 5.13. The Balaban J connectivity index is 2.34. The van der Waals surface area contributed by atoms with Crippen molar-refractivity contribution >= 4 is 5.69 Å². The highest BCUT2D eigenvalue weighted by Gasteiger charge is 2.10. The van der Waals surface area contributed by atoms with Crippen LogP contribution < -0.4 is 5.32 Å². The van der Waals surface area contributed by atoms with Crippen molar-refractivity contribution < 1.29 is 4.74 Å². The molecule has 0 aliphatic carbocycles. The molecule has 0 saturated heterocycles. The first-order valence-electron chi connectivity index (χ1n) is 6.29. The van der Waals surface area contributed by atoms with E-state index in [1.165, 1.54) is 5.69 Å². The van der Waals surface area contributed by atoms with Gasteiger partial charge >= 0.3 is 0 Å². The van der Waals surface area contributed by atoms with Crippen molar-refractivity contribution in [2.24, 2.45) is 0 Å². The van der Waals surface area contributed by atoms with Crippen molar-refractivity contribution in [1.29, 1.82) is 0 Å². The first kappa shape index (κ1) is 14.0. The minimum atomic E-state index is 0.510. The summed E-state index contributed by atoms with van der Waals surface area (Å²) in [7, 11) is 1.75. The second kappa shape index (κ2) is 8.09. The quantitative estimate of drug-likeness (QED) is 0.750. The fourth-order valence-corrected chi connectivity index (χ4v) is 1.85. The lowest BCUT2D eigenvalue weighted by Crippen LogP contribution is -2.39. The monoisotopic (exact) mass is 236 g/mol. The number of benzene rings is 1. The molecule has 0 spiro atoms. The zero-order valence-electron chi connectivity index (χ0n) is 11.1. The smallest absolute Gasteiger partial charge is 0.0589 e. The van der Waals surface area contributed by atoms with E-state index in [1.54, 1.807) is 7.11 Å². The number of nitrogens with one attached hydrogen (secondary N) is 1. The van der Waals surface area contributed by atoms with Crippen molar-refractivity contribution in [2.75, 3.05) is 38.7 Å². The second-order valence-electron chi connectivity index (χ2n) is 4.22. The number of para-hydroxylation sites is 1. The van der Waals surface area contributed by atoms with Crippen LogP contribution in [-0.4, -0.2) is 44.3 Å². The van der Waals surface area contributed by atoms with Gasteiger partial charge in [-0.1, -0.05) is 25.1 Å². The summed E-state index contributed by atoms with van der Waals surface area (Å²) in [5.41, 5.74) is 1.18. The van der Waals surface area contributed by atoms with Gasteiger partial charge < -0.3 is 10.1 Å². The highest BCUT2D eigenvalue weighted by Crippen LogP contribution is 2.06. The molecule has 1 atom stereocenters. The van der Waals surface area contributed by atoms with E-state index in [0.717, 1.165) is 26.2 Å². The van der Waals surface area contributed by atoms with E-state index in [4.69, 9.17) is 4.74 Å². The van der Waals surface area contributed by atoms with Gasteiger partial charge in [0.25, 0.3) is 0 Å². The average Bonchev–Trinajstić information content (AvgIpc) is 2.38. The van der Waals surface area contributed by atoms with E-state index in [-0.39, 0.29) is 0 Å². The van der Waals surface area contributed by atoms with Crippen LogP contribution in [0.15, 0.2) is 30.3 Å². The zero-order chi connectivity index (χ0) is 12.5. The molecule has 0 amide bonds. The molecule has 3 nitrogen and oxygen atoms in total. The molecule has 1 unspecified atom stereocenters. The van der Waals surface area contributed by atoms with Gasteiger partial charge in [-0.2, -0.15) is 0 Å². The van der Waals surface area contributed by atoms with Gasteiger partial charge in [0.1, 0.15) is 0 Å². The van der Waals surface area contributed by atoms with Crippen LogP contribution in [0.4, 0.5) is 5.69 Å². The van der Waals surface area contributed by atoms with Crippen LogP contribution in [0.5, 0.6) is 0 Å². The molecular weight excluding hydrogens is 212 g/mol. The molecule has 1 aromatic rings. The fourth-order valence-electron chi connectivity index (χ4n) is 1.85. The SMILES string of the molecule is CCN(CCOC)C(C)CNc1ccccc1. The molecule has 0 aromatic heterocycles.